The zero-order chi connectivity index (χ0) is 18.0. The minimum atomic E-state index is -0.151. The Labute approximate surface area is 145 Å². The van der Waals surface area contributed by atoms with Gasteiger partial charge in [-0.25, -0.2) is 0 Å². The van der Waals surface area contributed by atoms with E-state index in [0.29, 0.717) is 34.5 Å². The number of hydrogen-bond acceptors (Lipinski definition) is 3. The lowest BCUT2D eigenvalue weighted by molar-refractivity contribution is -0.115. The Hall–Kier alpha value is -3.08. The van der Waals surface area contributed by atoms with Crippen molar-refractivity contribution in [3.63, 3.8) is 0 Å². The van der Waals surface area contributed by atoms with Crippen LogP contribution in [0, 0.1) is 0 Å². The summed E-state index contributed by atoms with van der Waals surface area (Å²) in [6.07, 6.45) is 0.326. The van der Waals surface area contributed by atoms with E-state index in [1.54, 1.807) is 26.2 Å². The van der Waals surface area contributed by atoms with Crippen molar-refractivity contribution in [2.45, 2.75) is 13.3 Å². The zero-order valence-corrected chi connectivity index (χ0v) is 14.5. The Morgan fingerprint density at radius 1 is 1.12 bits per heavy atom. The number of aryl methyl sites for hydroxylation is 1. The third kappa shape index (κ3) is 2.89. The number of nitrogens with zero attached hydrogens (tertiary/aromatic N) is 1. The van der Waals surface area contributed by atoms with Crippen molar-refractivity contribution >= 4 is 22.6 Å². The van der Waals surface area contributed by atoms with E-state index in [0.717, 1.165) is 5.52 Å². The highest BCUT2D eigenvalue weighted by Crippen LogP contribution is 2.34. The largest absolute Gasteiger partial charge is 0.496 e. The summed E-state index contributed by atoms with van der Waals surface area (Å²) in [7, 11) is 3.40. The number of aromatic nitrogens is 1. The number of carbonyl (C=O) groups excluding carboxylic acids is 1. The molecule has 1 N–H and O–H groups in total. The van der Waals surface area contributed by atoms with Crippen LogP contribution in [-0.2, 0) is 11.8 Å². The molecule has 0 aliphatic rings. The maximum Gasteiger partial charge on any atom is 0.225 e. The molecule has 2 aromatic carbocycles. The van der Waals surface area contributed by atoms with Crippen LogP contribution in [0.4, 0.5) is 5.82 Å². The van der Waals surface area contributed by atoms with E-state index in [1.165, 1.54) is 0 Å². The van der Waals surface area contributed by atoms with Crippen molar-refractivity contribution in [1.29, 1.82) is 0 Å². The topological polar surface area (TPSA) is 60.3 Å². The summed E-state index contributed by atoms with van der Waals surface area (Å²) in [5.74, 6) is 0.906. The van der Waals surface area contributed by atoms with Crippen LogP contribution in [0.5, 0.6) is 5.75 Å². The summed E-state index contributed by atoms with van der Waals surface area (Å²) in [6, 6.07) is 14.7. The fraction of sp³-hybridized carbons (Fsp3) is 0.200. The molecule has 25 heavy (non-hydrogen) atoms. The van der Waals surface area contributed by atoms with Gasteiger partial charge in [0.1, 0.15) is 11.6 Å². The Morgan fingerprint density at radius 3 is 2.52 bits per heavy atom. The highest BCUT2D eigenvalue weighted by molar-refractivity contribution is 5.98. The molecule has 128 valence electrons. The Morgan fingerprint density at radius 2 is 1.80 bits per heavy atom. The number of rotatable bonds is 4. The number of anilines is 1. The molecule has 0 fully saturated rings. The average molecular weight is 336 g/mol. The predicted octanol–water partition coefficient (Wildman–Crippen LogP) is 3.56. The molecule has 5 nitrogen and oxygen atoms in total. The third-order valence-electron chi connectivity index (χ3n) is 4.26. The molecule has 5 heteroatoms. The molecule has 1 amide bonds. The minimum absolute atomic E-state index is 0.135. The molecule has 0 saturated heterocycles. The summed E-state index contributed by atoms with van der Waals surface area (Å²) in [5.41, 5.74) is 1.71. The number of benzene rings is 2. The van der Waals surface area contributed by atoms with Gasteiger partial charge < -0.3 is 14.6 Å². The first kappa shape index (κ1) is 16.8. The predicted molar refractivity (Wildman–Crippen MR) is 100 cm³/mol. The number of methoxy groups -OCH3 is 1. The summed E-state index contributed by atoms with van der Waals surface area (Å²) >= 11 is 0. The van der Waals surface area contributed by atoms with Crippen LogP contribution in [0.3, 0.4) is 0 Å². The third-order valence-corrected chi connectivity index (χ3v) is 4.26. The van der Waals surface area contributed by atoms with Crippen LogP contribution in [0.2, 0.25) is 0 Å². The molecule has 3 rings (SSSR count). The summed E-state index contributed by atoms with van der Waals surface area (Å²) < 4.78 is 7.27. The van der Waals surface area contributed by atoms with Crippen LogP contribution in [0.1, 0.15) is 13.3 Å². The van der Waals surface area contributed by atoms with E-state index in [-0.39, 0.29) is 11.3 Å². The van der Waals surface area contributed by atoms with E-state index >= 15 is 0 Å². The Kier molecular flexibility index (Phi) is 4.57. The van der Waals surface area contributed by atoms with Crippen LogP contribution in [0.15, 0.2) is 53.3 Å². The van der Waals surface area contributed by atoms with Gasteiger partial charge in [0, 0.05) is 24.4 Å². The van der Waals surface area contributed by atoms with Crippen molar-refractivity contribution < 1.29 is 9.53 Å². The highest BCUT2D eigenvalue weighted by Gasteiger charge is 2.20. The average Bonchev–Trinajstić information content (AvgIpc) is 2.66. The molecule has 1 aromatic heterocycles. The van der Waals surface area contributed by atoms with E-state index in [9.17, 15) is 9.59 Å². The van der Waals surface area contributed by atoms with Crippen molar-refractivity contribution in [1.82, 2.24) is 4.57 Å². The molecule has 0 bridgehead atoms. The van der Waals surface area contributed by atoms with Gasteiger partial charge in [0.05, 0.1) is 18.2 Å². The number of para-hydroxylation sites is 2. The number of nitrogens with one attached hydrogen (secondary N) is 1. The van der Waals surface area contributed by atoms with Gasteiger partial charge in [0.25, 0.3) is 0 Å². The first-order valence-corrected chi connectivity index (χ1v) is 8.13. The van der Waals surface area contributed by atoms with Crippen LogP contribution >= 0.6 is 0 Å². The van der Waals surface area contributed by atoms with Gasteiger partial charge in [-0.2, -0.15) is 0 Å². The number of ether oxygens (including phenoxy) is 1. The molecular weight excluding hydrogens is 316 g/mol. The van der Waals surface area contributed by atoms with E-state index in [4.69, 9.17) is 4.74 Å². The maximum atomic E-state index is 13.2. The first-order valence-electron chi connectivity index (χ1n) is 8.13. The second kappa shape index (κ2) is 6.81. The molecule has 0 unspecified atom stereocenters. The molecule has 0 aliphatic heterocycles. The highest BCUT2D eigenvalue weighted by atomic mass is 16.5. The van der Waals surface area contributed by atoms with Crippen LogP contribution in [0.25, 0.3) is 22.0 Å². The molecule has 0 saturated carbocycles. The lowest BCUT2D eigenvalue weighted by Crippen LogP contribution is -2.21. The van der Waals surface area contributed by atoms with Crippen molar-refractivity contribution in [2.75, 3.05) is 12.4 Å². The standard InChI is InChI=1S/C20H20N2O3/c1-4-17(23)21-20-18(14-10-6-8-12-16(14)25-3)19(24)13-9-5-7-11-15(13)22(20)2/h5-12H,4H2,1-3H3,(H,21,23). The Balaban J connectivity index is 2.43. The number of pyridine rings is 1. The summed E-state index contributed by atoms with van der Waals surface area (Å²) in [4.78, 5) is 25.3. The van der Waals surface area contributed by atoms with Gasteiger partial charge >= 0.3 is 0 Å². The van der Waals surface area contributed by atoms with Crippen molar-refractivity contribution in [3.8, 4) is 16.9 Å². The lowest BCUT2D eigenvalue weighted by atomic mass is 10.0. The number of hydrogen-bond donors (Lipinski definition) is 1. The number of amides is 1. The summed E-state index contributed by atoms with van der Waals surface area (Å²) in [6.45, 7) is 1.78. The SMILES string of the molecule is CCC(=O)Nc1c(-c2ccccc2OC)c(=O)c2ccccc2n1C. The fourth-order valence-corrected chi connectivity index (χ4v) is 2.96. The van der Waals surface area contributed by atoms with E-state index < -0.39 is 0 Å². The normalized spacial score (nSPS) is 10.7. The smallest absolute Gasteiger partial charge is 0.225 e. The fourth-order valence-electron chi connectivity index (χ4n) is 2.96. The van der Waals surface area contributed by atoms with Crippen LogP contribution < -0.4 is 15.5 Å². The monoisotopic (exact) mass is 336 g/mol. The molecule has 0 atom stereocenters. The lowest BCUT2D eigenvalue weighted by Gasteiger charge is -2.19. The van der Waals surface area contributed by atoms with Gasteiger partial charge in [0.15, 0.2) is 5.43 Å². The van der Waals surface area contributed by atoms with Gasteiger partial charge in [-0.1, -0.05) is 37.3 Å². The van der Waals surface area contributed by atoms with Gasteiger partial charge in [-0.3, -0.25) is 9.59 Å². The Bertz CT molecular complexity index is 1010. The number of carbonyl (C=O) groups is 1. The number of fused-ring (bicyclic) bond motifs is 1. The summed E-state index contributed by atoms with van der Waals surface area (Å²) in [5, 5.41) is 3.48. The second-order valence-corrected chi connectivity index (χ2v) is 5.73. The van der Waals surface area contributed by atoms with Gasteiger partial charge in [-0.05, 0) is 18.2 Å². The first-order chi connectivity index (χ1) is 12.1. The van der Waals surface area contributed by atoms with Gasteiger partial charge in [0.2, 0.25) is 5.91 Å². The molecule has 3 aromatic rings. The van der Waals surface area contributed by atoms with Crippen molar-refractivity contribution in [2.24, 2.45) is 7.05 Å². The molecular formula is C20H20N2O3. The second-order valence-electron chi connectivity index (χ2n) is 5.73. The van der Waals surface area contributed by atoms with E-state index in [2.05, 4.69) is 5.32 Å². The van der Waals surface area contributed by atoms with Crippen molar-refractivity contribution in [3.05, 3.63) is 58.8 Å². The molecule has 0 aliphatic carbocycles. The zero-order valence-electron chi connectivity index (χ0n) is 14.5. The minimum Gasteiger partial charge on any atom is -0.496 e. The molecule has 1 heterocycles. The quantitative estimate of drug-likeness (QED) is 0.792. The van der Waals surface area contributed by atoms with E-state index in [1.807, 2.05) is 48.0 Å². The molecule has 0 spiro atoms. The van der Waals surface area contributed by atoms with Gasteiger partial charge in [-0.15, -0.1) is 0 Å². The van der Waals surface area contributed by atoms with Crippen LogP contribution in [-0.4, -0.2) is 17.6 Å². The molecule has 0 radical (unpaired) electrons. The maximum absolute atomic E-state index is 13.2.